The molecule has 5 heteroatoms. The molecule has 0 atom stereocenters. The van der Waals surface area contributed by atoms with E-state index >= 15 is 0 Å². The predicted octanol–water partition coefficient (Wildman–Crippen LogP) is 1.98. The molecule has 0 aliphatic heterocycles. The molecule has 0 aliphatic rings. The summed E-state index contributed by atoms with van der Waals surface area (Å²) in [7, 11) is 0. The molecule has 18 heavy (non-hydrogen) atoms. The Kier molecular flexibility index (Phi) is 2.66. The minimum absolute atomic E-state index is 0.492. The molecule has 90 valence electrons. The number of ether oxygens (including phenoxy) is 1. The molecular weight excluding hydrogens is 228 g/mol. The number of aromatic nitrogens is 3. The number of hydrogen-bond acceptors (Lipinski definition) is 4. The molecule has 0 unspecified atom stereocenters. The van der Waals surface area contributed by atoms with Gasteiger partial charge in [-0.2, -0.15) is 10.1 Å². The molecule has 0 radical (unpaired) electrons. The number of nitrogens with zero attached hydrogens (tertiary/aromatic N) is 3. The molecule has 0 fully saturated rings. The van der Waals surface area contributed by atoms with Crippen molar-refractivity contribution < 1.29 is 4.74 Å². The molecule has 0 aliphatic carbocycles. The minimum atomic E-state index is 0.492. The molecule has 2 aromatic heterocycles. The quantitative estimate of drug-likeness (QED) is 0.760. The van der Waals surface area contributed by atoms with Crippen molar-refractivity contribution in [2.45, 2.75) is 6.54 Å². The first-order valence-corrected chi connectivity index (χ1v) is 5.62. The van der Waals surface area contributed by atoms with Gasteiger partial charge in [0.05, 0.1) is 6.20 Å². The fourth-order valence-corrected chi connectivity index (χ4v) is 1.71. The van der Waals surface area contributed by atoms with Gasteiger partial charge in [0.25, 0.3) is 0 Å². The topological polar surface area (TPSA) is 65.4 Å². The summed E-state index contributed by atoms with van der Waals surface area (Å²) in [6.07, 6.45) is 3.51. The Morgan fingerprint density at radius 3 is 3.06 bits per heavy atom. The summed E-state index contributed by atoms with van der Waals surface area (Å²) in [6, 6.07) is 11.2. The molecule has 3 aromatic rings. The van der Waals surface area contributed by atoms with Gasteiger partial charge in [0, 0.05) is 24.9 Å². The van der Waals surface area contributed by atoms with Crippen molar-refractivity contribution in [3.63, 3.8) is 0 Å². The summed E-state index contributed by atoms with van der Waals surface area (Å²) >= 11 is 0. The Bertz CT molecular complexity index is 677. The van der Waals surface area contributed by atoms with Crippen molar-refractivity contribution in [2.24, 2.45) is 5.73 Å². The maximum absolute atomic E-state index is 5.69. The van der Waals surface area contributed by atoms with E-state index in [9.17, 15) is 0 Å². The van der Waals surface area contributed by atoms with Gasteiger partial charge in [0.15, 0.2) is 5.65 Å². The average molecular weight is 240 g/mol. The summed E-state index contributed by atoms with van der Waals surface area (Å²) in [5, 5.41) is 4.08. The lowest BCUT2D eigenvalue weighted by Gasteiger charge is -2.06. The van der Waals surface area contributed by atoms with Crippen molar-refractivity contribution in [1.29, 1.82) is 0 Å². The van der Waals surface area contributed by atoms with E-state index in [1.54, 1.807) is 16.8 Å². The Labute approximate surface area is 104 Å². The molecule has 5 nitrogen and oxygen atoms in total. The molecular formula is C13H12N4O. The first-order valence-electron chi connectivity index (χ1n) is 5.62. The van der Waals surface area contributed by atoms with Crippen molar-refractivity contribution >= 4 is 5.65 Å². The Balaban J connectivity index is 1.90. The highest BCUT2D eigenvalue weighted by molar-refractivity contribution is 5.39. The molecule has 3 rings (SSSR count). The first kappa shape index (κ1) is 10.7. The zero-order valence-corrected chi connectivity index (χ0v) is 9.65. The second kappa shape index (κ2) is 4.46. The van der Waals surface area contributed by atoms with E-state index in [4.69, 9.17) is 10.5 Å². The van der Waals surface area contributed by atoms with Crippen LogP contribution < -0.4 is 10.5 Å². The van der Waals surface area contributed by atoms with Gasteiger partial charge >= 0.3 is 0 Å². The molecule has 0 amide bonds. The van der Waals surface area contributed by atoms with Gasteiger partial charge in [-0.3, -0.25) is 0 Å². The lowest BCUT2D eigenvalue weighted by molar-refractivity contribution is 0.462. The molecule has 2 heterocycles. The molecule has 0 spiro atoms. The van der Waals surface area contributed by atoms with Crippen LogP contribution in [0.2, 0.25) is 0 Å². The molecule has 2 N–H and O–H groups in total. The maximum atomic E-state index is 5.69. The van der Waals surface area contributed by atoms with Crippen LogP contribution in [-0.2, 0) is 6.54 Å². The van der Waals surface area contributed by atoms with E-state index < -0.39 is 0 Å². The van der Waals surface area contributed by atoms with E-state index in [0.29, 0.717) is 12.4 Å². The highest BCUT2D eigenvalue weighted by Crippen LogP contribution is 2.20. The zero-order chi connectivity index (χ0) is 12.4. The van der Waals surface area contributed by atoms with Gasteiger partial charge in [-0.25, -0.2) is 4.52 Å². The van der Waals surface area contributed by atoms with E-state index in [0.717, 1.165) is 17.0 Å². The second-order valence-corrected chi connectivity index (χ2v) is 3.85. The van der Waals surface area contributed by atoms with Gasteiger partial charge in [-0.1, -0.05) is 12.1 Å². The number of benzene rings is 1. The van der Waals surface area contributed by atoms with Crippen LogP contribution in [0.25, 0.3) is 5.65 Å². The summed E-state index contributed by atoms with van der Waals surface area (Å²) in [6.45, 7) is 0.492. The van der Waals surface area contributed by atoms with Gasteiger partial charge in [0.2, 0.25) is 5.88 Å². The predicted molar refractivity (Wildman–Crippen MR) is 67.4 cm³/mol. The molecule has 0 bridgehead atoms. The smallest absolute Gasteiger partial charge is 0.222 e. The third kappa shape index (κ3) is 2.03. The highest BCUT2D eigenvalue weighted by Gasteiger charge is 2.02. The fourth-order valence-electron chi connectivity index (χ4n) is 1.71. The standard InChI is InChI=1S/C13H12N4O/c14-9-10-2-1-3-11(8-10)18-13-5-7-17-12(16-13)4-6-15-17/h1-8H,9,14H2. The second-order valence-electron chi connectivity index (χ2n) is 3.85. The Morgan fingerprint density at radius 1 is 1.22 bits per heavy atom. The highest BCUT2D eigenvalue weighted by atomic mass is 16.5. The normalized spacial score (nSPS) is 10.7. The minimum Gasteiger partial charge on any atom is -0.439 e. The number of hydrogen-bond donors (Lipinski definition) is 1. The third-order valence-electron chi connectivity index (χ3n) is 2.59. The summed E-state index contributed by atoms with van der Waals surface area (Å²) in [5.74, 6) is 1.27. The summed E-state index contributed by atoms with van der Waals surface area (Å²) in [5.41, 5.74) is 7.37. The van der Waals surface area contributed by atoms with Gasteiger partial charge in [0.1, 0.15) is 5.75 Å². The monoisotopic (exact) mass is 240 g/mol. The Morgan fingerprint density at radius 2 is 2.17 bits per heavy atom. The maximum Gasteiger partial charge on any atom is 0.222 e. The summed E-state index contributed by atoms with van der Waals surface area (Å²) < 4.78 is 7.37. The molecule has 1 aromatic carbocycles. The van der Waals surface area contributed by atoms with Crippen LogP contribution in [0.15, 0.2) is 48.8 Å². The average Bonchev–Trinajstić information content (AvgIpc) is 2.86. The van der Waals surface area contributed by atoms with E-state index in [1.807, 2.05) is 36.5 Å². The van der Waals surface area contributed by atoms with Crippen LogP contribution in [0, 0.1) is 0 Å². The van der Waals surface area contributed by atoms with Crippen LogP contribution in [0.4, 0.5) is 0 Å². The lowest BCUT2D eigenvalue weighted by Crippen LogP contribution is -1.97. The first-order chi connectivity index (χ1) is 8.85. The Hall–Kier alpha value is -2.40. The molecule has 0 saturated heterocycles. The summed E-state index contributed by atoms with van der Waals surface area (Å²) in [4.78, 5) is 4.33. The zero-order valence-electron chi connectivity index (χ0n) is 9.65. The third-order valence-corrected chi connectivity index (χ3v) is 2.59. The number of nitrogens with two attached hydrogens (primary N) is 1. The molecule has 0 saturated carbocycles. The lowest BCUT2D eigenvalue weighted by atomic mass is 10.2. The SMILES string of the molecule is NCc1cccc(Oc2ccn3nccc3n2)c1. The van der Waals surface area contributed by atoms with Crippen molar-refractivity contribution in [2.75, 3.05) is 0 Å². The van der Waals surface area contributed by atoms with Crippen LogP contribution in [0.1, 0.15) is 5.56 Å². The van der Waals surface area contributed by atoms with Gasteiger partial charge < -0.3 is 10.5 Å². The van der Waals surface area contributed by atoms with Crippen molar-refractivity contribution in [3.05, 3.63) is 54.4 Å². The van der Waals surface area contributed by atoms with E-state index in [-0.39, 0.29) is 0 Å². The van der Waals surface area contributed by atoms with Crippen LogP contribution in [0.3, 0.4) is 0 Å². The van der Waals surface area contributed by atoms with Crippen LogP contribution in [0.5, 0.6) is 11.6 Å². The van der Waals surface area contributed by atoms with Gasteiger partial charge in [-0.05, 0) is 17.7 Å². The van der Waals surface area contributed by atoms with Crippen LogP contribution in [-0.4, -0.2) is 14.6 Å². The largest absolute Gasteiger partial charge is 0.439 e. The van der Waals surface area contributed by atoms with Crippen LogP contribution >= 0.6 is 0 Å². The van der Waals surface area contributed by atoms with Crippen molar-refractivity contribution in [1.82, 2.24) is 14.6 Å². The van der Waals surface area contributed by atoms with Gasteiger partial charge in [-0.15, -0.1) is 0 Å². The number of rotatable bonds is 3. The fraction of sp³-hybridized carbons (Fsp3) is 0.0769. The van der Waals surface area contributed by atoms with E-state index in [2.05, 4.69) is 10.1 Å². The number of fused-ring (bicyclic) bond motifs is 1. The van der Waals surface area contributed by atoms with E-state index in [1.165, 1.54) is 0 Å². The van der Waals surface area contributed by atoms with Crippen molar-refractivity contribution in [3.8, 4) is 11.6 Å².